The first-order valence-corrected chi connectivity index (χ1v) is 8.50. The van der Waals surface area contributed by atoms with E-state index in [1.54, 1.807) is 30.3 Å². The van der Waals surface area contributed by atoms with Crippen LogP contribution in [-0.2, 0) is 16.0 Å². The number of hydrogen-bond donors (Lipinski definition) is 1. The highest BCUT2D eigenvalue weighted by atomic mass is 35.5. The van der Waals surface area contributed by atoms with Crippen molar-refractivity contribution in [3.8, 4) is 0 Å². The Morgan fingerprint density at radius 1 is 1.20 bits per heavy atom. The highest BCUT2D eigenvalue weighted by molar-refractivity contribution is 6.30. The number of likely N-dealkylation sites (N-methyl/N-ethyl adjacent to an activating group) is 1. The highest BCUT2D eigenvalue weighted by Gasteiger charge is 2.19. The molecule has 0 aliphatic heterocycles. The second kappa shape index (κ2) is 9.18. The predicted molar refractivity (Wildman–Crippen MR) is 98.2 cm³/mol. The molecule has 0 aliphatic carbocycles. The van der Waals surface area contributed by atoms with E-state index in [1.807, 2.05) is 30.3 Å². The van der Waals surface area contributed by atoms with E-state index < -0.39 is 0 Å². The second-order valence-electron chi connectivity index (χ2n) is 5.90. The van der Waals surface area contributed by atoms with Crippen molar-refractivity contribution in [2.45, 2.75) is 25.8 Å². The molecular weight excluding hydrogens is 338 g/mol. The summed E-state index contributed by atoms with van der Waals surface area (Å²) in [5.74, 6) is -0.214. The van der Waals surface area contributed by atoms with Gasteiger partial charge in [-0.1, -0.05) is 29.8 Å². The van der Waals surface area contributed by atoms with Gasteiger partial charge in [-0.15, -0.1) is 0 Å². The Hall–Kier alpha value is -2.40. The van der Waals surface area contributed by atoms with Gasteiger partial charge in [0.15, 0.2) is 0 Å². The number of hydrogen-bond acceptors (Lipinski definition) is 3. The number of benzene rings is 1. The largest absolute Gasteiger partial charge is 0.349 e. The van der Waals surface area contributed by atoms with E-state index in [0.29, 0.717) is 18.0 Å². The number of aromatic nitrogens is 1. The van der Waals surface area contributed by atoms with Crippen molar-refractivity contribution >= 4 is 23.4 Å². The van der Waals surface area contributed by atoms with Crippen LogP contribution in [0.25, 0.3) is 0 Å². The Morgan fingerprint density at radius 2 is 1.92 bits per heavy atom. The topological polar surface area (TPSA) is 62.3 Å². The lowest BCUT2D eigenvalue weighted by Crippen LogP contribution is -2.34. The summed E-state index contributed by atoms with van der Waals surface area (Å²) in [6, 6.07) is 12.5. The Balaban J connectivity index is 1.98. The Kier molecular flexibility index (Phi) is 6.95. The maximum absolute atomic E-state index is 12.5. The monoisotopic (exact) mass is 359 g/mol. The number of carbonyl (C=O) groups is 2. The number of nitrogens with zero attached hydrogens (tertiary/aromatic N) is 2. The van der Waals surface area contributed by atoms with Crippen LogP contribution in [0.3, 0.4) is 0 Å². The molecule has 0 aliphatic rings. The van der Waals surface area contributed by atoms with Crippen molar-refractivity contribution < 1.29 is 9.59 Å². The number of nitrogens with one attached hydrogen (secondary N) is 1. The van der Waals surface area contributed by atoms with Gasteiger partial charge in [0, 0.05) is 43.9 Å². The lowest BCUT2D eigenvalue weighted by Gasteiger charge is -2.22. The van der Waals surface area contributed by atoms with Gasteiger partial charge < -0.3 is 10.2 Å². The van der Waals surface area contributed by atoms with Gasteiger partial charge in [0.1, 0.15) is 0 Å². The minimum absolute atomic E-state index is 0.0374. The molecule has 1 aromatic carbocycles. The summed E-state index contributed by atoms with van der Waals surface area (Å²) in [5.41, 5.74) is 1.80. The quantitative estimate of drug-likeness (QED) is 0.826. The lowest BCUT2D eigenvalue weighted by atomic mass is 10.0. The van der Waals surface area contributed by atoms with Crippen LogP contribution in [0, 0.1) is 0 Å². The first-order valence-electron chi connectivity index (χ1n) is 8.12. The van der Waals surface area contributed by atoms with Crippen LogP contribution in [0.4, 0.5) is 0 Å². The van der Waals surface area contributed by atoms with Crippen molar-refractivity contribution in [2.75, 3.05) is 13.6 Å². The number of rotatable bonds is 7. The molecule has 1 atom stereocenters. The lowest BCUT2D eigenvalue weighted by molar-refractivity contribution is -0.130. The van der Waals surface area contributed by atoms with Crippen molar-refractivity contribution in [1.29, 1.82) is 0 Å². The van der Waals surface area contributed by atoms with E-state index >= 15 is 0 Å². The molecule has 2 rings (SSSR count). The van der Waals surface area contributed by atoms with Gasteiger partial charge in [-0.2, -0.15) is 0 Å². The highest BCUT2D eigenvalue weighted by Crippen LogP contribution is 2.20. The Morgan fingerprint density at radius 3 is 2.52 bits per heavy atom. The molecule has 0 fully saturated rings. The van der Waals surface area contributed by atoms with Gasteiger partial charge in [-0.25, -0.2) is 0 Å². The van der Waals surface area contributed by atoms with E-state index in [2.05, 4.69) is 10.3 Å². The molecule has 5 nitrogen and oxygen atoms in total. The van der Waals surface area contributed by atoms with E-state index in [0.717, 1.165) is 11.3 Å². The summed E-state index contributed by atoms with van der Waals surface area (Å²) >= 11 is 5.91. The van der Waals surface area contributed by atoms with Crippen molar-refractivity contribution in [2.24, 2.45) is 0 Å². The van der Waals surface area contributed by atoms with Gasteiger partial charge in [0.25, 0.3) is 0 Å². The fourth-order valence-electron chi connectivity index (χ4n) is 2.48. The van der Waals surface area contributed by atoms with Gasteiger partial charge >= 0.3 is 0 Å². The molecule has 0 saturated heterocycles. The fourth-order valence-corrected chi connectivity index (χ4v) is 2.60. The summed E-state index contributed by atoms with van der Waals surface area (Å²) in [6.07, 6.45) is 2.62. The number of amides is 2. The molecular formula is C19H22ClN3O2. The van der Waals surface area contributed by atoms with Crippen molar-refractivity contribution in [3.05, 3.63) is 64.9 Å². The van der Waals surface area contributed by atoms with Gasteiger partial charge in [0.05, 0.1) is 12.5 Å². The van der Waals surface area contributed by atoms with E-state index in [1.165, 1.54) is 6.92 Å². The SMILES string of the molecule is CC(=O)NC(CC(=O)N(C)CCc1ccccn1)c1ccc(Cl)cc1. The molecule has 0 saturated carbocycles. The summed E-state index contributed by atoms with van der Waals surface area (Å²) < 4.78 is 0. The van der Waals surface area contributed by atoms with Gasteiger partial charge in [-0.05, 0) is 29.8 Å². The van der Waals surface area contributed by atoms with Gasteiger partial charge in [0.2, 0.25) is 11.8 Å². The zero-order chi connectivity index (χ0) is 18.2. The van der Waals surface area contributed by atoms with Crippen LogP contribution in [0.15, 0.2) is 48.7 Å². The number of carbonyl (C=O) groups excluding carboxylic acids is 2. The summed E-state index contributed by atoms with van der Waals surface area (Å²) in [5, 5.41) is 3.45. The standard InChI is InChI=1S/C19H22ClN3O2/c1-14(24)22-18(15-6-8-16(20)9-7-15)13-19(25)23(2)12-10-17-5-3-4-11-21-17/h3-9,11,18H,10,12-13H2,1-2H3,(H,22,24). The minimum Gasteiger partial charge on any atom is -0.349 e. The molecule has 0 bridgehead atoms. The fraction of sp³-hybridized carbons (Fsp3) is 0.316. The number of pyridine rings is 1. The maximum Gasteiger partial charge on any atom is 0.224 e. The average molecular weight is 360 g/mol. The zero-order valence-electron chi connectivity index (χ0n) is 14.4. The summed E-state index contributed by atoms with van der Waals surface area (Å²) in [6.45, 7) is 2.02. The normalized spacial score (nSPS) is 11.6. The first kappa shape index (κ1) is 18.9. The molecule has 1 unspecified atom stereocenters. The van der Waals surface area contributed by atoms with Crippen LogP contribution < -0.4 is 5.32 Å². The van der Waals surface area contributed by atoms with E-state index in [-0.39, 0.29) is 24.3 Å². The first-order chi connectivity index (χ1) is 12.0. The molecule has 0 spiro atoms. The third kappa shape index (κ3) is 6.19. The third-order valence-electron chi connectivity index (χ3n) is 3.88. The van der Waals surface area contributed by atoms with E-state index in [9.17, 15) is 9.59 Å². The molecule has 2 aromatic rings. The van der Waals surface area contributed by atoms with Crippen LogP contribution >= 0.6 is 11.6 Å². The molecule has 25 heavy (non-hydrogen) atoms. The number of halogens is 1. The van der Waals surface area contributed by atoms with E-state index in [4.69, 9.17) is 11.6 Å². The zero-order valence-corrected chi connectivity index (χ0v) is 15.2. The Labute approximate surface area is 153 Å². The Bertz CT molecular complexity index is 704. The molecule has 1 N–H and O–H groups in total. The van der Waals surface area contributed by atoms with Crippen LogP contribution in [-0.4, -0.2) is 35.3 Å². The molecule has 0 radical (unpaired) electrons. The van der Waals surface area contributed by atoms with Crippen molar-refractivity contribution in [1.82, 2.24) is 15.2 Å². The molecule has 6 heteroatoms. The molecule has 132 valence electrons. The second-order valence-corrected chi connectivity index (χ2v) is 6.33. The van der Waals surface area contributed by atoms with Crippen LogP contribution in [0.2, 0.25) is 5.02 Å². The molecule has 2 amide bonds. The van der Waals surface area contributed by atoms with Gasteiger partial charge in [-0.3, -0.25) is 14.6 Å². The molecule has 1 aromatic heterocycles. The van der Waals surface area contributed by atoms with Crippen LogP contribution in [0.1, 0.15) is 30.6 Å². The molecule has 1 heterocycles. The van der Waals surface area contributed by atoms with Crippen LogP contribution in [0.5, 0.6) is 0 Å². The minimum atomic E-state index is -0.375. The summed E-state index contributed by atoms with van der Waals surface area (Å²) in [4.78, 5) is 29.9. The average Bonchev–Trinajstić information content (AvgIpc) is 2.60. The van der Waals surface area contributed by atoms with Crippen molar-refractivity contribution in [3.63, 3.8) is 0 Å². The third-order valence-corrected chi connectivity index (χ3v) is 4.14. The smallest absolute Gasteiger partial charge is 0.224 e. The summed E-state index contributed by atoms with van der Waals surface area (Å²) in [7, 11) is 1.76. The maximum atomic E-state index is 12.5. The predicted octanol–water partition coefficient (Wildman–Crippen LogP) is 3.00.